The lowest BCUT2D eigenvalue weighted by molar-refractivity contribution is -0.139. The van der Waals surface area contributed by atoms with Crippen LogP contribution in [0, 0.1) is 12.7 Å². The predicted octanol–water partition coefficient (Wildman–Crippen LogP) is 5.09. The van der Waals surface area contributed by atoms with Crippen molar-refractivity contribution >= 4 is 27.5 Å². The molecule has 0 fully saturated rings. The van der Waals surface area contributed by atoms with Crippen LogP contribution >= 0.6 is 0 Å². The molecule has 0 radical (unpaired) electrons. The summed E-state index contributed by atoms with van der Waals surface area (Å²) in [5.74, 6) is -1.68. The maximum atomic E-state index is 15.0. The number of para-hydroxylation sites is 1. The van der Waals surface area contributed by atoms with E-state index in [2.05, 4.69) is 5.32 Å². The number of halogens is 1. The average molecular weight is 568 g/mol. The Kier molecular flexibility index (Phi) is 10.8. The summed E-state index contributed by atoms with van der Waals surface area (Å²) in [6, 6.07) is 20.2. The minimum Gasteiger partial charge on any atom is -0.352 e. The molecule has 3 aromatic rings. The van der Waals surface area contributed by atoms with E-state index in [0.29, 0.717) is 12.8 Å². The van der Waals surface area contributed by atoms with E-state index in [1.54, 1.807) is 19.1 Å². The standard InChI is InChI=1S/C31H38FN3O4S/c1-5-24(4)33-31(37)28(6-2)34(21-20-25-12-8-7-9-13-25)30(36)22-35(29-15-11-10-14-27(29)32)40(38,39)26-18-16-23(3)17-19-26/h7-19,24,28H,5-6,20-22H2,1-4H3,(H,33,37)/t24-,28+/m1/s1. The van der Waals surface area contributed by atoms with Gasteiger partial charge in [-0.15, -0.1) is 0 Å². The Labute approximate surface area is 237 Å². The lowest BCUT2D eigenvalue weighted by Crippen LogP contribution is -2.54. The van der Waals surface area contributed by atoms with Crippen molar-refractivity contribution in [1.82, 2.24) is 10.2 Å². The number of nitrogens with zero attached hydrogens (tertiary/aromatic N) is 2. The molecule has 1 N–H and O–H groups in total. The highest BCUT2D eigenvalue weighted by Crippen LogP contribution is 2.27. The Balaban J connectivity index is 2.02. The summed E-state index contributed by atoms with van der Waals surface area (Å²) in [6.45, 7) is 6.99. The molecule has 2 amide bonds. The number of anilines is 1. The van der Waals surface area contributed by atoms with Gasteiger partial charge in [0.15, 0.2) is 0 Å². The second-order valence-electron chi connectivity index (χ2n) is 9.84. The van der Waals surface area contributed by atoms with Crippen molar-refractivity contribution in [3.05, 3.63) is 95.8 Å². The molecule has 0 aliphatic rings. The molecule has 0 spiro atoms. The Hall–Kier alpha value is -3.72. The number of aryl methyl sites for hydroxylation is 1. The zero-order chi connectivity index (χ0) is 29.3. The molecule has 0 saturated carbocycles. The molecular formula is C31H38FN3O4S. The third-order valence-corrected chi connectivity index (χ3v) is 8.65. The fourth-order valence-corrected chi connectivity index (χ4v) is 5.76. The van der Waals surface area contributed by atoms with Crippen LogP contribution in [0.2, 0.25) is 0 Å². The van der Waals surface area contributed by atoms with Crippen LogP contribution in [0.1, 0.15) is 44.7 Å². The molecule has 0 unspecified atom stereocenters. The molecule has 40 heavy (non-hydrogen) atoms. The zero-order valence-electron chi connectivity index (χ0n) is 23.5. The second kappa shape index (κ2) is 14.1. The molecule has 7 nitrogen and oxygen atoms in total. The van der Waals surface area contributed by atoms with E-state index in [0.717, 1.165) is 27.9 Å². The van der Waals surface area contributed by atoms with Crippen LogP contribution in [0.5, 0.6) is 0 Å². The summed E-state index contributed by atoms with van der Waals surface area (Å²) >= 11 is 0. The van der Waals surface area contributed by atoms with Gasteiger partial charge in [-0.25, -0.2) is 12.8 Å². The normalized spacial score (nSPS) is 12.8. The summed E-state index contributed by atoms with van der Waals surface area (Å²) in [4.78, 5) is 28.6. The second-order valence-corrected chi connectivity index (χ2v) is 11.7. The molecular weight excluding hydrogens is 529 g/mol. The molecule has 2 atom stereocenters. The molecule has 214 valence electrons. The average Bonchev–Trinajstić information content (AvgIpc) is 2.94. The number of carbonyl (C=O) groups is 2. The van der Waals surface area contributed by atoms with Crippen LogP contribution in [0.4, 0.5) is 10.1 Å². The Morgan fingerprint density at radius 2 is 1.52 bits per heavy atom. The molecule has 0 aliphatic carbocycles. The molecule has 0 heterocycles. The van der Waals surface area contributed by atoms with E-state index in [1.165, 1.54) is 35.2 Å². The van der Waals surface area contributed by atoms with E-state index < -0.39 is 34.3 Å². The van der Waals surface area contributed by atoms with Gasteiger partial charge < -0.3 is 10.2 Å². The van der Waals surface area contributed by atoms with Gasteiger partial charge in [-0.1, -0.05) is 74.0 Å². The summed E-state index contributed by atoms with van der Waals surface area (Å²) in [7, 11) is -4.32. The van der Waals surface area contributed by atoms with Gasteiger partial charge in [-0.05, 0) is 62.9 Å². The third kappa shape index (κ3) is 7.69. The first-order chi connectivity index (χ1) is 19.1. The molecule has 3 rings (SSSR count). The van der Waals surface area contributed by atoms with Crippen LogP contribution in [0.15, 0.2) is 83.8 Å². The number of sulfonamides is 1. The van der Waals surface area contributed by atoms with E-state index in [9.17, 15) is 18.0 Å². The number of carbonyl (C=O) groups excluding carboxylic acids is 2. The lowest BCUT2D eigenvalue weighted by Gasteiger charge is -2.33. The number of hydrogen-bond acceptors (Lipinski definition) is 4. The molecule has 3 aromatic carbocycles. The molecule has 9 heteroatoms. The van der Waals surface area contributed by atoms with Gasteiger partial charge >= 0.3 is 0 Å². The quantitative estimate of drug-likeness (QED) is 0.312. The van der Waals surface area contributed by atoms with E-state index >= 15 is 4.39 Å². The maximum absolute atomic E-state index is 15.0. The van der Waals surface area contributed by atoms with Crippen LogP contribution in [-0.2, 0) is 26.0 Å². The van der Waals surface area contributed by atoms with Gasteiger partial charge in [0.25, 0.3) is 10.0 Å². The summed E-state index contributed by atoms with van der Waals surface area (Å²) in [5.41, 5.74) is 1.59. The fraction of sp³-hybridized carbons (Fsp3) is 0.355. The highest BCUT2D eigenvalue weighted by molar-refractivity contribution is 7.92. The van der Waals surface area contributed by atoms with Crippen molar-refractivity contribution in [1.29, 1.82) is 0 Å². The summed E-state index contributed by atoms with van der Waals surface area (Å²) in [6.07, 6.45) is 1.51. The first-order valence-corrected chi connectivity index (χ1v) is 15.0. The van der Waals surface area contributed by atoms with Crippen molar-refractivity contribution in [2.45, 2.75) is 63.9 Å². The molecule has 0 saturated heterocycles. The van der Waals surface area contributed by atoms with Crippen molar-refractivity contribution in [3.8, 4) is 0 Å². The van der Waals surface area contributed by atoms with Crippen molar-refractivity contribution in [2.24, 2.45) is 0 Å². The predicted molar refractivity (Wildman–Crippen MR) is 156 cm³/mol. The highest BCUT2D eigenvalue weighted by atomic mass is 32.2. The van der Waals surface area contributed by atoms with E-state index in [4.69, 9.17) is 0 Å². The first-order valence-electron chi connectivity index (χ1n) is 13.6. The van der Waals surface area contributed by atoms with Crippen molar-refractivity contribution < 1.29 is 22.4 Å². The van der Waals surface area contributed by atoms with E-state index in [1.807, 2.05) is 51.1 Å². The number of amides is 2. The SMILES string of the molecule is CC[C@@H](C)NC(=O)[C@H](CC)N(CCc1ccccc1)C(=O)CN(c1ccccc1F)S(=O)(=O)c1ccc(C)cc1. The van der Waals surface area contributed by atoms with Crippen molar-refractivity contribution in [3.63, 3.8) is 0 Å². The first kappa shape index (κ1) is 30.8. The van der Waals surface area contributed by atoms with Gasteiger partial charge in [-0.2, -0.15) is 0 Å². The molecule has 0 bridgehead atoms. The zero-order valence-corrected chi connectivity index (χ0v) is 24.3. The van der Waals surface area contributed by atoms with Crippen LogP contribution < -0.4 is 9.62 Å². The number of nitrogens with one attached hydrogen (secondary N) is 1. The van der Waals surface area contributed by atoms with E-state index in [-0.39, 0.29) is 29.1 Å². The highest BCUT2D eigenvalue weighted by Gasteiger charge is 2.34. The van der Waals surface area contributed by atoms with Gasteiger partial charge in [0, 0.05) is 12.6 Å². The van der Waals surface area contributed by atoms with Gasteiger partial charge in [0.2, 0.25) is 11.8 Å². The van der Waals surface area contributed by atoms with Crippen LogP contribution in [0.25, 0.3) is 0 Å². The Morgan fingerprint density at radius 3 is 2.12 bits per heavy atom. The smallest absolute Gasteiger partial charge is 0.264 e. The summed E-state index contributed by atoms with van der Waals surface area (Å²) < 4.78 is 43.4. The lowest BCUT2D eigenvalue weighted by atomic mass is 10.1. The molecule has 0 aliphatic heterocycles. The Bertz CT molecular complexity index is 1380. The number of rotatable bonds is 13. The number of benzene rings is 3. The summed E-state index contributed by atoms with van der Waals surface area (Å²) in [5, 5.41) is 2.94. The minimum absolute atomic E-state index is 0.0634. The van der Waals surface area contributed by atoms with Gasteiger partial charge in [0.1, 0.15) is 18.4 Å². The van der Waals surface area contributed by atoms with Crippen molar-refractivity contribution in [2.75, 3.05) is 17.4 Å². The van der Waals surface area contributed by atoms with Crippen LogP contribution in [0.3, 0.4) is 0 Å². The minimum atomic E-state index is -4.32. The largest absolute Gasteiger partial charge is 0.352 e. The van der Waals surface area contributed by atoms with Crippen LogP contribution in [-0.4, -0.2) is 50.3 Å². The number of hydrogen-bond donors (Lipinski definition) is 1. The topological polar surface area (TPSA) is 86.8 Å². The third-order valence-electron chi connectivity index (χ3n) is 6.88. The van der Waals surface area contributed by atoms with Gasteiger partial charge in [-0.3, -0.25) is 13.9 Å². The maximum Gasteiger partial charge on any atom is 0.264 e. The molecule has 0 aromatic heterocycles. The van der Waals surface area contributed by atoms with Gasteiger partial charge in [0.05, 0.1) is 10.6 Å². The Morgan fingerprint density at radius 1 is 0.900 bits per heavy atom. The fourth-order valence-electron chi connectivity index (χ4n) is 4.34. The monoisotopic (exact) mass is 567 g/mol.